The molecule has 27 heavy (non-hydrogen) atoms. The van der Waals surface area contributed by atoms with Gasteiger partial charge in [0.2, 0.25) is 0 Å². The number of hydrogen-bond donors (Lipinski definition) is 1. The van der Waals surface area contributed by atoms with E-state index in [2.05, 4.69) is 10.3 Å². The lowest BCUT2D eigenvalue weighted by Crippen LogP contribution is -2.12. The molecule has 0 aliphatic carbocycles. The molecule has 2 aromatic carbocycles. The van der Waals surface area contributed by atoms with Crippen LogP contribution in [0.1, 0.15) is 15.9 Å². The molecule has 0 spiro atoms. The molecule has 0 atom stereocenters. The molecule has 1 amide bonds. The second kappa shape index (κ2) is 8.27. The largest absolute Gasteiger partial charge is 0.497 e. The Labute approximate surface area is 157 Å². The molecule has 7 heteroatoms. The van der Waals surface area contributed by atoms with E-state index in [4.69, 9.17) is 14.2 Å². The maximum absolute atomic E-state index is 12.4. The maximum Gasteiger partial charge on any atom is 0.256 e. The number of hydrogen-bond acceptors (Lipinski definition) is 5. The summed E-state index contributed by atoms with van der Waals surface area (Å²) in [6, 6.07) is 12.8. The highest BCUT2D eigenvalue weighted by atomic mass is 16.5. The summed E-state index contributed by atoms with van der Waals surface area (Å²) >= 11 is 0. The summed E-state index contributed by atoms with van der Waals surface area (Å²) in [5, 5.41) is 2.78. The predicted octanol–water partition coefficient (Wildman–Crippen LogP) is 3.21. The molecule has 0 aliphatic rings. The molecule has 0 saturated carbocycles. The molecule has 7 nitrogen and oxygen atoms in total. The van der Waals surface area contributed by atoms with Gasteiger partial charge in [0.05, 0.1) is 27.7 Å². The van der Waals surface area contributed by atoms with Gasteiger partial charge >= 0.3 is 0 Å². The third kappa shape index (κ3) is 4.38. The Bertz CT molecular complexity index is 919. The fourth-order valence-electron chi connectivity index (χ4n) is 2.62. The first kappa shape index (κ1) is 18.3. The van der Waals surface area contributed by atoms with E-state index in [-0.39, 0.29) is 5.91 Å². The zero-order valence-electron chi connectivity index (χ0n) is 15.4. The van der Waals surface area contributed by atoms with Crippen molar-refractivity contribution in [3.8, 4) is 17.2 Å². The number of anilines is 1. The van der Waals surface area contributed by atoms with Gasteiger partial charge in [-0.1, -0.05) is 12.1 Å². The number of aromatic nitrogens is 2. The van der Waals surface area contributed by atoms with E-state index < -0.39 is 0 Å². The average molecular weight is 367 g/mol. The van der Waals surface area contributed by atoms with Gasteiger partial charge in [-0.2, -0.15) is 0 Å². The summed E-state index contributed by atoms with van der Waals surface area (Å²) in [5.41, 5.74) is 1.56. The number of carbonyl (C=O) groups excluding carboxylic acids is 1. The standard InChI is InChI=1S/C20H21N3O4/c1-25-16-7-4-14(5-8-16)11-23-12-19(21-13-23)22-20(24)15-6-9-17(26-2)18(10-15)27-3/h4-10,12-13H,11H2,1-3H3,(H,22,24). The molecular weight excluding hydrogens is 346 g/mol. The van der Waals surface area contributed by atoms with Crippen molar-refractivity contribution in [3.63, 3.8) is 0 Å². The minimum atomic E-state index is -0.273. The Kier molecular flexibility index (Phi) is 5.61. The van der Waals surface area contributed by atoms with Crippen LogP contribution < -0.4 is 19.5 Å². The van der Waals surface area contributed by atoms with E-state index in [9.17, 15) is 4.79 Å². The van der Waals surface area contributed by atoms with Gasteiger partial charge in [-0.25, -0.2) is 4.98 Å². The van der Waals surface area contributed by atoms with Crippen LogP contribution in [0.5, 0.6) is 17.2 Å². The van der Waals surface area contributed by atoms with E-state index in [0.29, 0.717) is 29.4 Å². The Morgan fingerprint density at radius 2 is 1.74 bits per heavy atom. The molecule has 0 fully saturated rings. The zero-order chi connectivity index (χ0) is 19.2. The van der Waals surface area contributed by atoms with Crippen LogP contribution in [0.15, 0.2) is 55.0 Å². The molecule has 0 aliphatic heterocycles. The van der Waals surface area contributed by atoms with Gasteiger partial charge in [0.1, 0.15) is 5.75 Å². The van der Waals surface area contributed by atoms with Crippen LogP contribution in [0.25, 0.3) is 0 Å². The van der Waals surface area contributed by atoms with Crippen molar-refractivity contribution in [2.75, 3.05) is 26.6 Å². The molecular formula is C20H21N3O4. The van der Waals surface area contributed by atoms with Crippen molar-refractivity contribution in [2.45, 2.75) is 6.54 Å². The Balaban J connectivity index is 1.67. The van der Waals surface area contributed by atoms with Crippen molar-refractivity contribution in [2.24, 2.45) is 0 Å². The Morgan fingerprint density at radius 3 is 2.41 bits per heavy atom. The van der Waals surface area contributed by atoms with Crippen LogP contribution in [0, 0.1) is 0 Å². The van der Waals surface area contributed by atoms with Gasteiger partial charge in [0.25, 0.3) is 5.91 Å². The van der Waals surface area contributed by atoms with Gasteiger partial charge in [-0.15, -0.1) is 0 Å². The molecule has 1 heterocycles. The second-order valence-corrected chi connectivity index (χ2v) is 5.80. The van der Waals surface area contributed by atoms with Gasteiger partial charge in [-0.05, 0) is 35.9 Å². The quantitative estimate of drug-likeness (QED) is 0.694. The van der Waals surface area contributed by atoms with Crippen LogP contribution in [0.2, 0.25) is 0 Å². The Morgan fingerprint density at radius 1 is 1.00 bits per heavy atom. The SMILES string of the molecule is COc1ccc(Cn2cnc(NC(=O)c3ccc(OC)c(OC)c3)c2)cc1. The number of ether oxygens (including phenoxy) is 3. The van der Waals surface area contributed by atoms with Crippen molar-refractivity contribution < 1.29 is 19.0 Å². The fourth-order valence-corrected chi connectivity index (χ4v) is 2.62. The lowest BCUT2D eigenvalue weighted by atomic mass is 10.2. The van der Waals surface area contributed by atoms with E-state index in [0.717, 1.165) is 11.3 Å². The number of nitrogens with one attached hydrogen (secondary N) is 1. The van der Waals surface area contributed by atoms with E-state index in [1.54, 1.807) is 44.9 Å². The molecule has 140 valence electrons. The van der Waals surface area contributed by atoms with E-state index in [1.807, 2.05) is 28.8 Å². The zero-order valence-corrected chi connectivity index (χ0v) is 15.4. The molecule has 1 aromatic heterocycles. The molecule has 0 radical (unpaired) electrons. The molecule has 3 rings (SSSR count). The summed E-state index contributed by atoms with van der Waals surface area (Å²) in [6.45, 7) is 0.642. The van der Waals surface area contributed by atoms with Crippen LogP contribution in [-0.4, -0.2) is 36.8 Å². The monoisotopic (exact) mass is 367 g/mol. The average Bonchev–Trinajstić information content (AvgIpc) is 3.14. The minimum Gasteiger partial charge on any atom is -0.497 e. The number of amides is 1. The number of carbonyl (C=O) groups is 1. The molecule has 0 unspecified atom stereocenters. The number of methoxy groups -OCH3 is 3. The van der Waals surface area contributed by atoms with Crippen molar-refractivity contribution in [1.29, 1.82) is 0 Å². The fraction of sp³-hybridized carbons (Fsp3) is 0.200. The maximum atomic E-state index is 12.4. The lowest BCUT2D eigenvalue weighted by molar-refractivity contribution is 0.102. The first-order chi connectivity index (χ1) is 13.1. The Hall–Kier alpha value is -3.48. The summed E-state index contributed by atoms with van der Waals surface area (Å²) in [7, 11) is 4.71. The van der Waals surface area contributed by atoms with Gasteiger partial charge in [-0.3, -0.25) is 4.79 Å². The first-order valence-corrected chi connectivity index (χ1v) is 8.31. The number of benzene rings is 2. The van der Waals surface area contributed by atoms with Crippen LogP contribution in [0.4, 0.5) is 5.82 Å². The highest BCUT2D eigenvalue weighted by Crippen LogP contribution is 2.27. The lowest BCUT2D eigenvalue weighted by Gasteiger charge is -2.09. The van der Waals surface area contributed by atoms with Crippen LogP contribution in [-0.2, 0) is 6.54 Å². The smallest absolute Gasteiger partial charge is 0.256 e. The number of nitrogens with zero attached hydrogens (tertiary/aromatic N) is 2. The van der Waals surface area contributed by atoms with Crippen molar-refractivity contribution in [3.05, 3.63) is 66.1 Å². The number of imidazole rings is 1. The molecule has 0 saturated heterocycles. The summed E-state index contributed by atoms with van der Waals surface area (Å²) < 4.78 is 17.5. The topological polar surface area (TPSA) is 74.6 Å². The van der Waals surface area contributed by atoms with Gasteiger partial charge < -0.3 is 24.1 Å². The third-order valence-electron chi connectivity index (χ3n) is 4.04. The highest BCUT2D eigenvalue weighted by molar-refractivity contribution is 6.04. The van der Waals surface area contributed by atoms with Gasteiger partial charge in [0, 0.05) is 18.3 Å². The first-order valence-electron chi connectivity index (χ1n) is 8.31. The normalized spacial score (nSPS) is 10.3. The van der Waals surface area contributed by atoms with Crippen molar-refractivity contribution >= 4 is 11.7 Å². The van der Waals surface area contributed by atoms with Crippen LogP contribution in [0.3, 0.4) is 0 Å². The number of rotatable bonds is 7. The second-order valence-electron chi connectivity index (χ2n) is 5.80. The van der Waals surface area contributed by atoms with E-state index in [1.165, 1.54) is 7.11 Å². The molecule has 1 N–H and O–H groups in total. The summed E-state index contributed by atoms with van der Waals surface area (Å²) in [6.07, 6.45) is 3.46. The minimum absolute atomic E-state index is 0.273. The highest BCUT2D eigenvalue weighted by Gasteiger charge is 2.12. The van der Waals surface area contributed by atoms with Gasteiger partial charge in [0.15, 0.2) is 17.3 Å². The van der Waals surface area contributed by atoms with E-state index >= 15 is 0 Å². The summed E-state index contributed by atoms with van der Waals surface area (Å²) in [4.78, 5) is 16.7. The van der Waals surface area contributed by atoms with Crippen molar-refractivity contribution in [1.82, 2.24) is 9.55 Å². The molecule has 0 bridgehead atoms. The summed E-state index contributed by atoms with van der Waals surface area (Å²) in [5.74, 6) is 2.08. The van der Waals surface area contributed by atoms with Crippen LogP contribution >= 0.6 is 0 Å². The third-order valence-corrected chi connectivity index (χ3v) is 4.04. The predicted molar refractivity (Wildman–Crippen MR) is 102 cm³/mol. The molecule has 3 aromatic rings.